The Bertz CT molecular complexity index is 322. The minimum atomic E-state index is -0.750. The van der Waals surface area contributed by atoms with E-state index in [9.17, 15) is 0 Å². The molecule has 0 aliphatic heterocycles. The summed E-state index contributed by atoms with van der Waals surface area (Å²) in [6, 6.07) is 12.1. The van der Waals surface area contributed by atoms with Crippen molar-refractivity contribution in [2.75, 3.05) is 0 Å². The first-order chi connectivity index (χ1) is 6.70. The molecule has 0 fully saturated rings. The molecular weight excluding hydrogens is 240 g/mol. The summed E-state index contributed by atoms with van der Waals surface area (Å²) in [5.74, 6) is 0. The van der Waals surface area contributed by atoms with Crippen LogP contribution in [-0.4, -0.2) is 9.28 Å². The number of hydrogen-bond acceptors (Lipinski definition) is 1. The van der Waals surface area contributed by atoms with Gasteiger partial charge in [-0.05, 0) is 12.1 Å². The molecule has 1 heterocycles. The van der Waals surface area contributed by atoms with Crippen LogP contribution in [0.15, 0.2) is 42.6 Å². The molecule has 0 atom stereocenters. The molecule has 2 rings (SSSR count). The molecule has 2 aromatic rings. The summed E-state index contributed by atoms with van der Waals surface area (Å²) in [5, 5.41) is 1.20. The number of pyridine rings is 1. The molecule has 1 nitrogen and oxygen atoms in total. The molecule has 14 heavy (non-hydrogen) atoms. The smallest absolute Gasteiger partial charge is 0.180 e. The summed E-state index contributed by atoms with van der Waals surface area (Å²) < 4.78 is -0.750. The number of fused-ring (bicyclic) bond motifs is 1. The number of rotatable bonds is 0. The maximum absolute atomic E-state index is 4.81. The average molecular weight is 249 g/mol. The highest BCUT2D eigenvalue weighted by Gasteiger charge is 1.86. The van der Waals surface area contributed by atoms with Gasteiger partial charge < -0.3 is 0 Å². The number of halogens is 3. The first-order valence-electron chi connectivity index (χ1n) is 3.92. The summed E-state index contributed by atoms with van der Waals surface area (Å²) in [6.45, 7) is 0. The zero-order chi connectivity index (χ0) is 10.4. The lowest BCUT2D eigenvalue weighted by molar-refractivity contribution is 1.41. The summed E-state index contributed by atoms with van der Waals surface area (Å²) in [4.78, 5) is 4.18. The van der Waals surface area contributed by atoms with Gasteiger partial charge in [-0.3, -0.25) is 4.98 Å². The van der Waals surface area contributed by atoms with Gasteiger partial charge in [0.1, 0.15) is 0 Å². The highest BCUT2D eigenvalue weighted by atomic mass is 35.6. The maximum Gasteiger partial charge on any atom is 0.180 e. The molecule has 0 spiro atoms. The number of aromatic nitrogens is 1. The molecule has 0 amide bonds. The van der Waals surface area contributed by atoms with Crippen LogP contribution in [0.5, 0.6) is 0 Å². The van der Waals surface area contributed by atoms with E-state index in [1.54, 1.807) is 0 Å². The average Bonchev–Trinajstić information content (AvgIpc) is 2.17. The van der Waals surface area contributed by atoms with E-state index in [1.807, 2.05) is 30.5 Å². The van der Waals surface area contributed by atoms with E-state index in [2.05, 4.69) is 17.1 Å². The lowest BCUT2D eigenvalue weighted by atomic mass is 10.2. The van der Waals surface area contributed by atoms with Gasteiger partial charge in [-0.2, -0.15) is 0 Å². The van der Waals surface area contributed by atoms with Gasteiger partial charge in [-0.25, -0.2) is 0 Å². The quantitative estimate of drug-likeness (QED) is 0.636. The van der Waals surface area contributed by atoms with Gasteiger partial charge in [0.05, 0.1) is 5.52 Å². The Kier molecular flexibility index (Phi) is 5.02. The topological polar surface area (TPSA) is 12.9 Å². The van der Waals surface area contributed by atoms with Crippen LogP contribution in [0.3, 0.4) is 0 Å². The van der Waals surface area contributed by atoms with E-state index >= 15 is 0 Å². The Balaban J connectivity index is 0.000000213. The van der Waals surface area contributed by atoms with Gasteiger partial charge in [-0.15, -0.1) is 0 Å². The van der Waals surface area contributed by atoms with Gasteiger partial charge in [0.15, 0.2) is 4.30 Å². The van der Waals surface area contributed by atoms with Gasteiger partial charge in [0, 0.05) is 11.6 Å². The largest absolute Gasteiger partial charge is 0.256 e. The first-order valence-corrected chi connectivity index (χ1v) is 5.23. The molecule has 4 heteroatoms. The fourth-order valence-corrected chi connectivity index (χ4v) is 1.02. The number of hydrogen-bond donors (Lipinski definition) is 0. The lowest BCUT2D eigenvalue weighted by Crippen LogP contribution is -1.73. The van der Waals surface area contributed by atoms with Crippen molar-refractivity contribution in [3.63, 3.8) is 0 Å². The Labute approximate surface area is 97.6 Å². The molecule has 0 aliphatic rings. The summed E-state index contributed by atoms with van der Waals surface area (Å²) in [5.41, 5.74) is 1.06. The molecule has 0 radical (unpaired) electrons. The molecule has 74 valence electrons. The predicted molar refractivity (Wildman–Crippen MR) is 63.1 cm³/mol. The zero-order valence-electron chi connectivity index (χ0n) is 7.20. The molecular formula is C10H8Cl3N. The van der Waals surface area contributed by atoms with Crippen LogP contribution < -0.4 is 0 Å². The third-order valence-electron chi connectivity index (χ3n) is 1.51. The van der Waals surface area contributed by atoms with Crippen LogP contribution >= 0.6 is 34.8 Å². The molecule has 0 bridgehead atoms. The van der Waals surface area contributed by atoms with E-state index in [0.717, 1.165) is 5.52 Å². The number of para-hydroxylation sites is 1. The maximum atomic E-state index is 4.81. The van der Waals surface area contributed by atoms with Crippen LogP contribution in [-0.2, 0) is 0 Å². The van der Waals surface area contributed by atoms with Crippen LogP contribution in [0.1, 0.15) is 0 Å². The highest BCUT2D eigenvalue weighted by molar-refractivity contribution is 6.63. The lowest BCUT2D eigenvalue weighted by Gasteiger charge is -1.91. The van der Waals surface area contributed by atoms with E-state index in [4.69, 9.17) is 34.8 Å². The molecule has 0 unspecified atom stereocenters. The van der Waals surface area contributed by atoms with Crippen LogP contribution in [0.25, 0.3) is 10.9 Å². The predicted octanol–water partition coefficient (Wildman–Crippen LogP) is 4.22. The van der Waals surface area contributed by atoms with Crippen molar-refractivity contribution in [3.05, 3.63) is 42.6 Å². The Morgan fingerprint density at radius 1 is 0.929 bits per heavy atom. The Morgan fingerprint density at radius 2 is 1.50 bits per heavy atom. The monoisotopic (exact) mass is 247 g/mol. The van der Waals surface area contributed by atoms with E-state index < -0.39 is 4.30 Å². The molecule has 0 saturated heterocycles. The SMILES string of the molecule is ClC(Cl)Cl.c1ccc2ncccc2c1. The second-order valence-corrected chi connectivity index (χ2v) is 4.42. The van der Waals surface area contributed by atoms with E-state index in [-0.39, 0.29) is 0 Å². The third kappa shape index (κ3) is 4.14. The van der Waals surface area contributed by atoms with Crippen molar-refractivity contribution >= 4 is 45.7 Å². The molecule has 0 aliphatic carbocycles. The van der Waals surface area contributed by atoms with Gasteiger partial charge in [0.25, 0.3) is 0 Å². The zero-order valence-corrected chi connectivity index (χ0v) is 9.47. The van der Waals surface area contributed by atoms with Crippen molar-refractivity contribution in [2.24, 2.45) is 0 Å². The van der Waals surface area contributed by atoms with Crippen molar-refractivity contribution in [3.8, 4) is 0 Å². The Morgan fingerprint density at radius 3 is 2.14 bits per heavy atom. The van der Waals surface area contributed by atoms with E-state index in [1.165, 1.54) is 5.39 Å². The standard InChI is InChI=1S/C9H7N.CHCl3/c1-2-6-9-8(4-1)5-3-7-10-9;2-1(3)4/h1-7H;1H. The van der Waals surface area contributed by atoms with Crippen molar-refractivity contribution < 1.29 is 0 Å². The Hall–Kier alpha value is -0.500. The van der Waals surface area contributed by atoms with Crippen molar-refractivity contribution in [1.82, 2.24) is 4.98 Å². The summed E-state index contributed by atoms with van der Waals surface area (Å²) >= 11 is 14.4. The summed E-state index contributed by atoms with van der Waals surface area (Å²) in [6.07, 6.45) is 1.81. The first kappa shape index (κ1) is 11.6. The molecule has 0 saturated carbocycles. The third-order valence-corrected chi connectivity index (χ3v) is 1.51. The summed E-state index contributed by atoms with van der Waals surface area (Å²) in [7, 11) is 0. The molecule has 1 aromatic heterocycles. The van der Waals surface area contributed by atoms with Crippen LogP contribution in [0, 0.1) is 0 Å². The minimum absolute atomic E-state index is 0.750. The highest BCUT2D eigenvalue weighted by Crippen LogP contribution is 2.07. The van der Waals surface area contributed by atoms with Crippen molar-refractivity contribution in [2.45, 2.75) is 4.30 Å². The molecule has 0 N–H and O–H groups in total. The normalized spacial score (nSPS) is 9.71. The van der Waals surface area contributed by atoms with Crippen molar-refractivity contribution in [1.29, 1.82) is 0 Å². The molecule has 1 aromatic carbocycles. The number of benzene rings is 1. The minimum Gasteiger partial charge on any atom is -0.256 e. The number of nitrogens with zero attached hydrogens (tertiary/aromatic N) is 1. The fourth-order valence-electron chi connectivity index (χ4n) is 1.02. The van der Waals surface area contributed by atoms with E-state index in [0.29, 0.717) is 0 Å². The van der Waals surface area contributed by atoms with Crippen LogP contribution in [0.2, 0.25) is 0 Å². The van der Waals surface area contributed by atoms with Crippen LogP contribution in [0.4, 0.5) is 0 Å². The number of alkyl halides is 3. The van der Waals surface area contributed by atoms with Gasteiger partial charge >= 0.3 is 0 Å². The fraction of sp³-hybridized carbons (Fsp3) is 0.100. The van der Waals surface area contributed by atoms with Gasteiger partial charge in [0.2, 0.25) is 0 Å². The second-order valence-electron chi connectivity index (χ2n) is 2.44. The van der Waals surface area contributed by atoms with Gasteiger partial charge in [-0.1, -0.05) is 59.1 Å². The second kappa shape index (κ2) is 6.07.